The molecule has 1 aromatic rings. The van der Waals surface area contributed by atoms with Crippen molar-refractivity contribution in [2.75, 3.05) is 0 Å². The van der Waals surface area contributed by atoms with Gasteiger partial charge in [0.15, 0.2) is 0 Å². The molecule has 7 heteroatoms. The predicted molar refractivity (Wildman–Crippen MR) is 124 cm³/mol. The second kappa shape index (κ2) is 11.8. The Balaban J connectivity index is 3.29. The number of rotatable bonds is 8. The van der Waals surface area contributed by atoms with Gasteiger partial charge in [-0.3, -0.25) is 14.5 Å². The minimum atomic E-state index is -1.16. The van der Waals surface area contributed by atoms with Gasteiger partial charge in [0.05, 0.1) is 0 Å². The van der Waals surface area contributed by atoms with Gasteiger partial charge in [-0.15, -0.1) is 6.42 Å². The van der Waals surface area contributed by atoms with Crippen LogP contribution < -0.4 is 10.6 Å². The number of ether oxygens (including phenoxy) is 1. The summed E-state index contributed by atoms with van der Waals surface area (Å²) in [5.74, 6) is 1.44. The summed E-state index contributed by atoms with van der Waals surface area (Å²) in [4.78, 5) is 39.5. The highest BCUT2D eigenvalue weighted by Gasteiger charge is 2.35. The Hall–Kier alpha value is -3.45. The molecule has 2 N–H and O–H groups in total. The first-order valence-electron chi connectivity index (χ1n) is 10.6. The van der Waals surface area contributed by atoms with Gasteiger partial charge in [-0.1, -0.05) is 43.9 Å². The van der Waals surface area contributed by atoms with Crippen LogP contribution in [0.15, 0.2) is 24.3 Å². The van der Waals surface area contributed by atoms with Crippen molar-refractivity contribution >= 4 is 17.9 Å². The van der Waals surface area contributed by atoms with Crippen LogP contribution in [0.1, 0.15) is 71.6 Å². The van der Waals surface area contributed by atoms with E-state index in [1.54, 1.807) is 45.0 Å². The number of nitrogens with zero attached hydrogens (tertiary/aromatic N) is 1. The fourth-order valence-electron chi connectivity index (χ4n) is 3.11. The first kappa shape index (κ1) is 26.6. The molecule has 0 aromatic heterocycles. The molecule has 0 radical (unpaired) electrons. The summed E-state index contributed by atoms with van der Waals surface area (Å²) in [7, 11) is 0. The molecular weight excluding hydrogens is 406 g/mol. The summed E-state index contributed by atoms with van der Waals surface area (Å²) >= 11 is 0. The van der Waals surface area contributed by atoms with E-state index in [4.69, 9.17) is 17.6 Å². The normalized spacial score (nSPS) is 13.5. The van der Waals surface area contributed by atoms with Gasteiger partial charge in [0.25, 0.3) is 5.91 Å². The lowest BCUT2D eigenvalue weighted by molar-refractivity contribution is -0.138. The van der Waals surface area contributed by atoms with Gasteiger partial charge in [0.1, 0.15) is 17.7 Å². The molecule has 1 aromatic carbocycles. The third-order valence-corrected chi connectivity index (χ3v) is 4.51. The molecular formula is C25H33N3O4. The molecule has 0 spiro atoms. The van der Waals surface area contributed by atoms with E-state index in [1.165, 1.54) is 6.92 Å². The molecule has 0 heterocycles. The predicted octanol–water partition coefficient (Wildman–Crippen LogP) is 3.35. The molecule has 0 aliphatic heterocycles. The molecule has 3 amide bonds. The third kappa shape index (κ3) is 7.67. The number of nitrogens with one attached hydrogen (secondary N) is 2. The quantitative estimate of drug-likeness (QED) is 0.480. The van der Waals surface area contributed by atoms with Crippen LogP contribution in [-0.2, 0) is 14.3 Å². The lowest BCUT2D eigenvalue weighted by atomic mass is 9.97. The Morgan fingerprint density at radius 1 is 1.12 bits per heavy atom. The Labute approximate surface area is 191 Å². The SMILES string of the molecule is C#Cc1ccccc1C(C(=O)NC(C)CCC)N(C#C)C(=O)C(C)NC(=O)OC(C)(C)C. The molecule has 3 atom stereocenters. The molecule has 0 aliphatic rings. The molecule has 172 valence electrons. The van der Waals surface area contributed by atoms with Crippen LogP contribution in [0, 0.1) is 24.8 Å². The molecule has 0 saturated carbocycles. The largest absolute Gasteiger partial charge is 0.444 e. The lowest BCUT2D eigenvalue weighted by Gasteiger charge is -2.30. The Bertz CT molecular complexity index is 905. The maximum absolute atomic E-state index is 13.3. The highest BCUT2D eigenvalue weighted by Crippen LogP contribution is 2.25. The topological polar surface area (TPSA) is 87.7 Å². The highest BCUT2D eigenvalue weighted by molar-refractivity contribution is 5.93. The number of carbonyl (C=O) groups excluding carboxylic acids is 3. The Morgan fingerprint density at radius 2 is 1.75 bits per heavy atom. The van der Waals surface area contributed by atoms with Gasteiger partial charge in [-0.2, -0.15) is 0 Å². The van der Waals surface area contributed by atoms with E-state index in [-0.39, 0.29) is 6.04 Å². The van der Waals surface area contributed by atoms with Crippen LogP contribution >= 0.6 is 0 Å². The first-order chi connectivity index (χ1) is 14.9. The van der Waals surface area contributed by atoms with E-state index in [9.17, 15) is 14.4 Å². The molecule has 0 saturated heterocycles. The van der Waals surface area contributed by atoms with E-state index in [1.807, 2.05) is 13.8 Å². The Morgan fingerprint density at radius 3 is 2.28 bits per heavy atom. The van der Waals surface area contributed by atoms with E-state index in [0.717, 1.165) is 17.7 Å². The van der Waals surface area contributed by atoms with Crippen LogP contribution in [0.2, 0.25) is 0 Å². The van der Waals surface area contributed by atoms with Crippen LogP contribution in [0.5, 0.6) is 0 Å². The summed E-state index contributed by atoms with van der Waals surface area (Å²) in [6, 6.07) is 6.76. The van der Waals surface area contributed by atoms with E-state index >= 15 is 0 Å². The number of hydrogen-bond donors (Lipinski definition) is 2. The second-order valence-electron chi connectivity index (χ2n) is 8.54. The van der Waals surface area contributed by atoms with Gasteiger partial charge in [-0.25, -0.2) is 4.79 Å². The van der Waals surface area contributed by atoms with E-state index in [0.29, 0.717) is 11.1 Å². The summed E-state index contributed by atoms with van der Waals surface area (Å²) in [5, 5.41) is 5.37. The van der Waals surface area contributed by atoms with Crippen LogP contribution in [-0.4, -0.2) is 40.5 Å². The van der Waals surface area contributed by atoms with Crippen molar-refractivity contribution in [2.24, 2.45) is 0 Å². The summed E-state index contributed by atoms with van der Waals surface area (Å²) in [6.07, 6.45) is 12.2. The fraction of sp³-hybridized carbons (Fsp3) is 0.480. The average molecular weight is 440 g/mol. The first-order valence-corrected chi connectivity index (χ1v) is 10.6. The van der Waals surface area contributed by atoms with Gasteiger partial charge in [0.2, 0.25) is 5.91 Å². The molecule has 1 rings (SSSR count). The Kier molecular flexibility index (Phi) is 9.81. The van der Waals surface area contributed by atoms with Crippen molar-refractivity contribution in [2.45, 2.75) is 78.1 Å². The number of carbonyl (C=O) groups is 3. The van der Waals surface area contributed by atoms with Crippen LogP contribution in [0.25, 0.3) is 0 Å². The summed E-state index contributed by atoms with van der Waals surface area (Å²) in [6.45, 7) is 10.5. The molecule has 32 heavy (non-hydrogen) atoms. The van der Waals surface area contributed by atoms with Crippen LogP contribution in [0.3, 0.4) is 0 Å². The monoisotopic (exact) mass is 439 g/mol. The van der Waals surface area contributed by atoms with Crippen molar-refractivity contribution in [1.82, 2.24) is 15.5 Å². The van der Waals surface area contributed by atoms with Crippen molar-refractivity contribution in [1.29, 1.82) is 0 Å². The van der Waals surface area contributed by atoms with Crippen molar-refractivity contribution < 1.29 is 19.1 Å². The lowest BCUT2D eigenvalue weighted by Crippen LogP contribution is -2.51. The van der Waals surface area contributed by atoms with Crippen molar-refractivity contribution in [3.63, 3.8) is 0 Å². The summed E-state index contributed by atoms with van der Waals surface area (Å²) < 4.78 is 5.20. The third-order valence-electron chi connectivity index (χ3n) is 4.51. The van der Waals surface area contributed by atoms with Gasteiger partial charge >= 0.3 is 6.09 Å². The van der Waals surface area contributed by atoms with Crippen LogP contribution in [0.4, 0.5) is 4.79 Å². The zero-order valence-electron chi connectivity index (χ0n) is 19.7. The standard InChI is InChI=1S/C25H33N3O4/c1-9-14-17(4)26-22(29)21(20-16-13-12-15-19(20)10-2)28(11-3)23(30)18(5)27-24(31)32-25(6,7)8/h2-3,12-13,15-18,21H,9,14H2,1,4-8H3,(H,26,29)(H,27,31). The zero-order valence-corrected chi connectivity index (χ0v) is 19.7. The molecule has 0 fully saturated rings. The van der Waals surface area contributed by atoms with Gasteiger partial charge < -0.3 is 15.4 Å². The average Bonchev–Trinajstić information content (AvgIpc) is 2.69. The highest BCUT2D eigenvalue weighted by atomic mass is 16.6. The van der Waals surface area contributed by atoms with Gasteiger partial charge in [-0.05, 0) is 47.1 Å². The number of amides is 3. The number of hydrogen-bond acceptors (Lipinski definition) is 4. The van der Waals surface area contributed by atoms with Crippen molar-refractivity contribution in [3.8, 4) is 24.8 Å². The number of alkyl carbamates (subject to hydrolysis) is 1. The number of benzene rings is 1. The zero-order chi connectivity index (χ0) is 24.5. The van der Waals surface area contributed by atoms with E-state index in [2.05, 4.69) is 22.6 Å². The van der Waals surface area contributed by atoms with E-state index < -0.39 is 35.6 Å². The molecule has 7 nitrogen and oxygen atoms in total. The fourth-order valence-corrected chi connectivity index (χ4v) is 3.11. The second-order valence-corrected chi connectivity index (χ2v) is 8.54. The van der Waals surface area contributed by atoms with Crippen molar-refractivity contribution in [3.05, 3.63) is 35.4 Å². The maximum atomic E-state index is 13.3. The minimum Gasteiger partial charge on any atom is -0.444 e. The minimum absolute atomic E-state index is 0.125. The maximum Gasteiger partial charge on any atom is 0.408 e. The summed E-state index contributed by atoms with van der Waals surface area (Å²) in [5.41, 5.74) is 0.131. The molecule has 0 aliphatic carbocycles. The smallest absolute Gasteiger partial charge is 0.408 e. The van der Waals surface area contributed by atoms with Gasteiger partial charge in [0, 0.05) is 23.2 Å². The molecule has 3 unspecified atom stereocenters. The molecule has 0 bridgehead atoms. The number of terminal acetylenes is 2.